The Morgan fingerprint density at radius 2 is 2.36 bits per heavy atom. The Balaban J connectivity index is 2.78. The molecule has 60 valence electrons. The minimum Gasteiger partial charge on any atom is -0.423 e. The lowest BCUT2D eigenvalue weighted by Crippen LogP contribution is -2.31. The molecule has 0 unspecified atom stereocenters. The van der Waals surface area contributed by atoms with Crippen molar-refractivity contribution in [2.24, 2.45) is 0 Å². The maximum absolute atomic E-state index is 8.83. The van der Waals surface area contributed by atoms with Crippen LogP contribution >= 0.6 is 11.3 Å². The maximum atomic E-state index is 8.83. The van der Waals surface area contributed by atoms with Gasteiger partial charge >= 0.3 is 7.12 Å². The Kier molecular flexibility index (Phi) is 3.08. The van der Waals surface area contributed by atoms with Crippen LogP contribution in [0.25, 0.3) is 0 Å². The topological polar surface area (TPSA) is 49.7 Å². The Morgan fingerprint density at radius 3 is 2.91 bits per heavy atom. The van der Waals surface area contributed by atoms with E-state index in [1.807, 2.05) is 5.38 Å². The first kappa shape index (κ1) is 8.74. The summed E-state index contributed by atoms with van der Waals surface area (Å²) < 4.78 is 4.87. The molecule has 1 rings (SSSR count). The summed E-state index contributed by atoms with van der Waals surface area (Å²) in [5, 5.41) is 19.5. The quantitative estimate of drug-likeness (QED) is 0.608. The average molecular weight is 172 g/mol. The summed E-state index contributed by atoms with van der Waals surface area (Å²) in [6.07, 6.45) is 0. The van der Waals surface area contributed by atoms with Gasteiger partial charge in [-0.25, -0.2) is 0 Å². The molecule has 0 saturated carbocycles. The van der Waals surface area contributed by atoms with E-state index in [9.17, 15) is 0 Å². The van der Waals surface area contributed by atoms with Gasteiger partial charge in [0.15, 0.2) is 0 Å². The average Bonchev–Trinajstić information content (AvgIpc) is 2.36. The molecule has 0 aliphatic carbocycles. The van der Waals surface area contributed by atoms with Crippen LogP contribution in [0.5, 0.6) is 0 Å². The van der Waals surface area contributed by atoms with Gasteiger partial charge in [0.2, 0.25) is 0 Å². The van der Waals surface area contributed by atoms with Crippen molar-refractivity contribution >= 4 is 23.9 Å². The SMILES string of the molecule is COCc1sccc1B(O)O. The molecule has 0 aromatic carbocycles. The van der Waals surface area contributed by atoms with Crippen LogP contribution in [0.2, 0.25) is 0 Å². The van der Waals surface area contributed by atoms with E-state index in [1.165, 1.54) is 11.3 Å². The lowest BCUT2D eigenvalue weighted by atomic mass is 9.81. The second-order valence-electron chi connectivity index (χ2n) is 2.11. The zero-order valence-corrected chi connectivity index (χ0v) is 6.97. The first-order valence-corrected chi connectivity index (χ1v) is 4.05. The van der Waals surface area contributed by atoms with Crippen molar-refractivity contribution in [2.75, 3.05) is 7.11 Å². The van der Waals surface area contributed by atoms with Crippen LogP contribution in [-0.2, 0) is 11.3 Å². The highest BCUT2D eigenvalue weighted by molar-refractivity contribution is 7.11. The van der Waals surface area contributed by atoms with Gasteiger partial charge in [-0.15, -0.1) is 11.3 Å². The van der Waals surface area contributed by atoms with Gasteiger partial charge in [-0.2, -0.15) is 0 Å². The fourth-order valence-corrected chi connectivity index (χ4v) is 1.70. The van der Waals surface area contributed by atoms with Crippen molar-refractivity contribution in [2.45, 2.75) is 6.61 Å². The molecule has 1 aromatic heterocycles. The minimum atomic E-state index is -1.38. The second-order valence-corrected chi connectivity index (χ2v) is 3.11. The van der Waals surface area contributed by atoms with Crippen molar-refractivity contribution in [3.05, 3.63) is 16.3 Å². The van der Waals surface area contributed by atoms with Gasteiger partial charge in [0.25, 0.3) is 0 Å². The molecular weight excluding hydrogens is 163 g/mol. The van der Waals surface area contributed by atoms with E-state index in [4.69, 9.17) is 14.8 Å². The Morgan fingerprint density at radius 1 is 1.64 bits per heavy atom. The first-order chi connectivity index (χ1) is 5.25. The van der Waals surface area contributed by atoms with Crippen molar-refractivity contribution < 1.29 is 14.8 Å². The zero-order valence-electron chi connectivity index (χ0n) is 6.15. The van der Waals surface area contributed by atoms with E-state index in [0.717, 1.165) is 4.88 Å². The summed E-state index contributed by atoms with van der Waals surface area (Å²) >= 11 is 1.46. The Bertz CT molecular complexity index is 223. The number of thiophene rings is 1. The molecule has 0 aliphatic rings. The molecule has 0 saturated heterocycles. The van der Waals surface area contributed by atoms with Crippen molar-refractivity contribution in [1.82, 2.24) is 0 Å². The molecule has 0 radical (unpaired) electrons. The molecule has 0 spiro atoms. The largest absolute Gasteiger partial charge is 0.489 e. The molecule has 3 nitrogen and oxygen atoms in total. The molecule has 5 heteroatoms. The zero-order chi connectivity index (χ0) is 8.27. The third kappa shape index (κ3) is 2.03. The van der Waals surface area contributed by atoms with E-state index in [-0.39, 0.29) is 0 Å². The fourth-order valence-electron chi connectivity index (χ4n) is 0.829. The highest BCUT2D eigenvalue weighted by atomic mass is 32.1. The summed E-state index contributed by atoms with van der Waals surface area (Å²) in [5.41, 5.74) is 0.539. The molecule has 0 aliphatic heterocycles. The van der Waals surface area contributed by atoms with E-state index >= 15 is 0 Å². The molecule has 0 amide bonds. The van der Waals surface area contributed by atoms with E-state index in [0.29, 0.717) is 12.1 Å². The van der Waals surface area contributed by atoms with Crippen LogP contribution in [0, 0.1) is 0 Å². The summed E-state index contributed by atoms with van der Waals surface area (Å²) in [4.78, 5) is 0.863. The van der Waals surface area contributed by atoms with E-state index in [1.54, 1.807) is 13.2 Å². The summed E-state index contributed by atoms with van der Waals surface area (Å²) in [7, 11) is 0.194. The summed E-state index contributed by atoms with van der Waals surface area (Å²) in [6.45, 7) is 0.435. The van der Waals surface area contributed by atoms with Gasteiger partial charge in [-0.3, -0.25) is 0 Å². The number of ether oxygens (including phenoxy) is 1. The number of methoxy groups -OCH3 is 1. The molecular formula is C6H9BO3S. The lowest BCUT2D eigenvalue weighted by Gasteiger charge is -1.99. The number of rotatable bonds is 3. The molecule has 1 aromatic rings. The molecule has 2 N–H and O–H groups in total. The lowest BCUT2D eigenvalue weighted by molar-refractivity contribution is 0.188. The predicted molar refractivity (Wildman–Crippen MR) is 44.9 cm³/mol. The number of hydrogen-bond donors (Lipinski definition) is 2. The van der Waals surface area contributed by atoms with Crippen LogP contribution in [-0.4, -0.2) is 24.3 Å². The van der Waals surface area contributed by atoms with Gasteiger partial charge in [-0.05, 0) is 10.8 Å². The highest BCUT2D eigenvalue weighted by Gasteiger charge is 2.16. The smallest absolute Gasteiger partial charge is 0.423 e. The monoisotopic (exact) mass is 172 g/mol. The van der Waals surface area contributed by atoms with Gasteiger partial charge in [0, 0.05) is 12.0 Å². The summed E-state index contributed by atoms with van der Waals surface area (Å²) in [5.74, 6) is 0. The molecule has 1 heterocycles. The van der Waals surface area contributed by atoms with Crippen molar-refractivity contribution in [3.8, 4) is 0 Å². The Labute approximate surface area is 69.4 Å². The van der Waals surface area contributed by atoms with E-state index in [2.05, 4.69) is 0 Å². The van der Waals surface area contributed by atoms with Gasteiger partial charge in [0.1, 0.15) is 0 Å². The molecule has 0 fully saturated rings. The molecule has 0 bridgehead atoms. The van der Waals surface area contributed by atoms with Gasteiger partial charge in [0.05, 0.1) is 6.61 Å². The van der Waals surface area contributed by atoms with Crippen LogP contribution in [0.3, 0.4) is 0 Å². The van der Waals surface area contributed by atoms with Crippen molar-refractivity contribution in [1.29, 1.82) is 0 Å². The fraction of sp³-hybridized carbons (Fsp3) is 0.333. The van der Waals surface area contributed by atoms with Crippen LogP contribution in [0.4, 0.5) is 0 Å². The third-order valence-corrected chi connectivity index (χ3v) is 2.24. The summed E-state index contributed by atoms with van der Waals surface area (Å²) in [6, 6.07) is 1.68. The second kappa shape index (κ2) is 3.87. The maximum Gasteiger partial charge on any atom is 0.489 e. The third-order valence-electron chi connectivity index (χ3n) is 1.33. The van der Waals surface area contributed by atoms with Gasteiger partial charge in [-0.1, -0.05) is 6.07 Å². The van der Waals surface area contributed by atoms with E-state index < -0.39 is 7.12 Å². The minimum absolute atomic E-state index is 0.435. The Hall–Kier alpha value is -0.355. The molecule has 0 atom stereocenters. The number of hydrogen-bond acceptors (Lipinski definition) is 4. The predicted octanol–water partition coefficient (Wildman–Crippen LogP) is -0.426. The standard InChI is InChI=1S/C6H9BO3S/c1-10-4-6-5(7(8)9)2-3-11-6/h2-3,8-9H,4H2,1H3. The van der Waals surface area contributed by atoms with Crippen LogP contribution < -0.4 is 5.46 Å². The molecule has 11 heavy (non-hydrogen) atoms. The normalized spacial score (nSPS) is 10.1. The van der Waals surface area contributed by atoms with Crippen LogP contribution in [0.1, 0.15) is 4.88 Å². The highest BCUT2D eigenvalue weighted by Crippen LogP contribution is 2.07. The van der Waals surface area contributed by atoms with Gasteiger partial charge < -0.3 is 14.8 Å². The van der Waals surface area contributed by atoms with Crippen molar-refractivity contribution in [3.63, 3.8) is 0 Å². The van der Waals surface area contributed by atoms with Crippen LogP contribution in [0.15, 0.2) is 11.4 Å². The first-order valence-electron chi connectivity index (χ1n) is 3.17.